The first-order chi connectivity index (χ1) is 8.20. The molecule has 0 aliphatic carbocycles. The molecule has 0 amide bonds. The van der Waals surface area contributed by atoms with Gasteiger partial charge in [0.05, 0.1) is 0 Å². The van der Waals surface area contributed by atoms with Crippen molar-refractivity contribution in [1.29, 1.82) is 0 Å². The maximum atomic E-state index is 10.4. The van der Waals surface area contributed by atoms with Gasteiger partial charge in [0.15, 0.2) is 0 Å². The van der Waals surface area contributed by atoms with E-state index in [4.69, 9.17) is 5.11 Å². The number of carboxylic acids is 1. The van der Waals surface area contributed by atoms with Crippen LogP contribution in [0.15, 0.2) is 0 Å². The van der Waals surface area contributed by atoms with E-state index in [1.807, 2.05) is 0 Å². The number of rotatable bonds is 12. The van der Waals surface area contributed by atoms with E-state index in [9.17, 15) is 4.79 Å². The molecule has 0 aromatic heterocycles. The molecular weight excluding hydrogens is 212 g/mol. The standard InChI is InChI=1S/C15H30O2/c1-3-5-6-7-8-11-14(4-2)12-9-10-13-15(16)17/h14H,3-13H2,1-2H3,(H,16,17). The Hall–Kier alpha value is -0.530. The highest BCUT2D eigenvalue weighted by Gasteiger charge is 2.06. The van der Waals surface area contributed by atoms with Crippen LogP contribution in [-0.4, -0.2) is 11.1 Å². The molecule has 0 radical (unpaired) electrons. The fraction of sp³-hybridized carbons (Fsp3) is 0.933. The van der Waals surface area contributed by atoms with Crippen molar-refractivity contribution in [1.82, 2.24) is 0 Å². The molecule has 1 atom stereocenters. The van der Waals surface area contributed by atoms with Gasteiger partial charge in [-0.25, -0.2) is 0 Å². The molecular formula is C15H30O2. The maximum Gasteiger partial charge on any atom is 0.303 e. The molecule has 17 heavy (non-hydrogen) atoms. The molecule has 0 saturated heterocycles. The molecule has 0 heterocycles. The van der Waals surface area contributed by atoms with Crippen LogP contribution in [0.2, 0.25) is 0 Å². The van der Waals surface area contributed by atoms with Gasteiger partial charge in [-0.15, -0.1) is 0 Å². The normalized spacial score (nSPS) is 12.6. The number of hydrogen-bond donors (Lipinski definition) is 1. The second kappa shape index (κ2) is 11.9. The Kier molecular flexibility index (Phi) is 11.6. The minimum Gasteiger partial charge on any atom is -0.481 e. The average molecular weight is 242 g/mol. The molecule has 0 fully saturated rings. The maximum absolute atomic E-state index is 10.4. The van der Waals surface area contributed by atoms with E-state index in [0.29, 0.717) is 6.42 Å². The van der Waals surface area contributed by atoms with E-state index >= 15 is 0 Å². The third kappa shape index (κ3) is 11.7. The third-order valence-electron chi connectivity index (χ3n) is 3.55. The minimum atomic E-state index is -0.655. The van der Waals surface area contributed by atoms with Crippen molar-refractivity contribution in [3.8, 4) is 0 Å². The zero-order valence-corrected chi connectivity index (χ0v) is 11.7. The fourth-order valence-corrected chi connectivity index (χ4v) is 2.30. The monoisotopic (exact) mass is 242 g/mol. The van der Waals surface area contributed by atoms with Gasteiger partial charge in [0, 0.05) is 6.42 Å². The zero-order chi connectivity index (χ0) is 12.9. The quantitative estimate of drug-likeness (QED) is 0.488. The Morgan fingerprint density at radius 3 is 2.06 bits per heavy atom. The highest BCUT2D eigenvalue weighted by molar-refractivity contribution is 5.66. The van der Waals surface area contributed by atoms with Crippen LogP contribution in [0.4, 0.5) is 0 Å². The number of aliphatic carboxylic acids is 1. The lowest BCUT2D eigenvalue weighted by molar-refractivity contribution is -0.137. The Morgan fingerprint density at radius 2 is 1.53 bits per heavy atom. The second-order valence-electron chi connectivity index (χ2n) is 5.12. The van der Waals surface area contributed by atoms with Crippen LogP contribution in [-0.2, 0) is 4.79 Å². The molecule has 0 aromatic carbocycles. The summed E-state index contributed by atoms with van der Waals surface area (Å²) in [4.78, 5) is 10.4. The summed E-state index contributed by atoms with van der Waals surface area (Å²) in [5.41, 5.74) is 0. The molecule has 2 heteroatoms. The van der Waals surface area contributed by atoms with Gasteiger partial charge in [-0.1, -0.05) is 71.6 Å². The topological polar surface area (TPSA) is 37.3 Å². The van der Waals surface area contributed by atoms with Crippen LogP contribution in [0.5, 0.6) is 0 Å². The van der Waals surface area contributed by atoms with Crippen molar-refractivity contribution in [3.63, 3.8) is 0 Å². The van der Waals surface area contributed by atoms with Gasteiger partial charge in [0.25, 0.3) is 0 Å². The summed E-state index contributed by atoms with van der Waals surface area (Å²) < 4.78 is 0. The predicted molar refractivity (Wildman–Crippen MR) is 73.3 cm³/mol. The van der Waals surface area contributed by atoms with E-state index in [-0.39, 0.29) is 0 Å². The van der Waals surface area contributed by atoms with Gasteiger partial charge in [0.2, 0.25) is 0 Å². The van der Waals surface area contributed by atoms with E-state index < -0.39 is 5.97 Å². The van der Waals surface area contributed by atoms with Gasteiger partial charge in [-0.2, -0.15) is 0 Å². The largest absolute Gasteiger partial charge is 0.481 e. The molecule has 0 rings (SSSR count). The van der Waals surface area contributed by atoms with Crippen molar-refractivity contribution >= 4 is 5.97 Å². The van der Waals surface area contributed by atoms with E-state index in [1.54, 1.807) is 0 Å². The van der Waals surface area contributed by atoms with Crippen molar-refractivity contribution < 1.29 is 9.90 Å². The molecule has 0 bridgehead atoms. The van der Waals surface area contributed by atoms with E-state index in [2.05, 4.69) is 13.8 Å². The summed E-state index contributed by atoms with van der Waals surface area (Å²) in [5, 5.41) is 8.56. The summed E-state index contributed by atoms with van der Waals surface area (Å²) in [6, 6.07) is 0. The van der Waals surface area contributed by atoms with Gasteiger partial charge in [-0.05, 0) is 12.3 Å². The molecule has 1 N–H and O–H groups in total. The Labute approximate surface area is 107 Å². The van der Waals surface area contributed by atoms with Crippen LogP contribution < -0.4 is 0 Å². The van der Waals surface area contributed by atoms with Gasteiger partial charge < -0.3 is 5.11 Å². The first kappa shape index (κ1) is 16.5. The van der Waals surface area contributed by atoms with Gasteiger partial charge in [0.1, 0.15) is 0 Å². The first-order valence-electron chi connectivity index (χ1n) is 7.42. The van der Waals surface area contributed by atoms with E-state index in [1.165, 1.54) is 51.4 Å². The number of hydrogen-bond acceptors (Lipinski definition) is 1. The van der Waals surface area contributed by atoms with Gasteiger partial charge in [-0.3, -0.25) is 4.79 Å². The van der Waals surface area contributed by atoms with Crippen LogP contribution in [0.25, 0.3) is 0 Å². The Morgan fingerprint density at radius 1 is 0.941 bits per heavy atom. The van der Waals surface area contributed by atoms with E-state index in [0.717, 1.165) is 18.8 Å². The fourth-order valence-electron chi connectivity index (χ4n) is 2.30. The second-order valence-corrected chi connectivity index (χ2v) is 5.12. The van der Waals surface area contributed by atoms with Crippen LogP contribution in [0.3, 0.4) is 0 Å². The summed E-state index contributed by atoms with van der Waals surface area (Å²) >= 11 is 0. The number of unbranched alkanes of at least 4 members (excludes halogenated alkanes) is 5. The third-order valence-corrected chi connectivity index (χ3v) is 3.55. The predicted octanol–water partition coefficient (Wildman–Crippen LogP) is 5.02. The summed E-state index contributed by atoms with van der Waals surface area (Å²) in [6.07, 6.45) is 12.9. The molecule has 2 nitrogen and oxygen atoms in total. The molecule has 102 valence electrons. The van der Waals surface area contributed by atoms with Crippen LogP contribution in [0, 0.1) is 5.92 Å². The smallest absolute Gasteiger partial charge is 0.303 e. The highest BCUT2D eigenvalue weighted by Crippen LogP contribution is 2.20. The van der Waals surface area contributed by atoms with Crippen molar-refractivity contribution in [2.24, 2.45) is 5.92 Å². The molecule has 0 spiro atoms. The Bertz CT molecular complexity index is 178. The highest BCUT2D eigenvalue weighted by atomic mass is 16.4. The Balaban J connectivity index is 3.39. The summed E-state index contributed by atoms with van der Waals surface area (Å²) in [5.74, 6) is 0.169. The molecule has 0 aromatic rings. The summed E-state index contributed by atoms with van der Waals surface area (Å²) in [7, 11) is 0. The van der Waals surface area contributed by atoms with Crippen LogP contribution in [0.1, 0.15) is 84.5 Å². The lowest BCUT2D eigenvalue weighted by Gasteiger charge is -2.14. The molecule has 0 aliphatic rings. The molecule has 1 unspecified atom stereocenters. The van der Waals surface area contributed by atoms with Crippen molar-refractivity contribution in [3.05, 3.63) is 0 Å². The van der Waals surface area contributed by atoms with Crippen molar-refractivity contribution in [2.45, 2.75) is 84.5 Å². The zero-order valence-electron chi connectivity index (χ0n) is 11.7. The average Bonchev–Trinajstić information content (AvgIpc) is 2.31. The number of carbonyl (C=O) groups is 1. The lowest BCUT2D eigenvalue weighted by Crippen LogP contribution is -2.00. The van der Waals surface area contributed by atoms with Crippen LogP contribution >= 0.6 is 0 Å². The lowest BCUT2D eigenvalue weighted by atomic mass is 9.92. The minimum absolute atomic E-state index is 0.340. The SMILES string of the molecule is CCCCCCCC(CC)CCCCC(=O)O. The number of carboxylic acid groups (broad SMARTS) is 1. The molecule has 0 aliphatic heterocycles. The van der Waals surface area contributed by atoms with Crippen molar-refractivity contribution in [2.75, 3.05) is 0 Å². The molecule has 0 saturated carbocycles. The summed E-state index contributed by atoms with van der Waals surface area (Å²) in [6.45, 7) is 4.51. The first-order valence-corrected chi connectivity index (χ1v) is 7.42. The van der Waals surface area contributed by atoms with Gasteiger partial charge >= 0.3 is 5.97 Å².